The fraction of sp³-hybridized carbons (Fsp3) is 0.467. The summed E-state index contributed by atoms with van der Waals surface area (Å²) in [6.07, 6.45) is 10.2. The third kappa shape index (κ3) is 3.67. The van der Waals surface area contributed by atoms with Crippen molar-refractivity contribution in [2.45, 2.75) is 32.1 Å². The summed E-state index contributed by atoms with van der Waals surface area (Å²) in [7, 11) is 0. The Morgan fingerprint density at radius 1 is 1.27 bits per heavy atom. The average molecular weight is 300 g/mol. The zero-order valence-electron chi connectivity index (χ0n) is 12.4. The quantitative estimate of drug-likeness (QED) is 0.687. The third-order valence-corrected chi connectivity index (χ3v) is 3.80. The summed E-state index contributed by atoms with van der Waals surface area (Å²) in [6, 6.07) is 0. The lowest BCUT2D eigenvalue weighted by Crippen LogP contribution is -2.30. The van der Waals surface area contributed by atoms with E-state index in [1.54, 1.807) is 12.4 Å². The molecule has 0 saturated carbocycles. The Morgan fingerprint density at radius 2 is 2.18 bits per heavy atom. The van der Waals surface area contributed by atoms with Gasteiger partial charge in [-0.15, -0.1) is 0 Å². The number of nitrogens with zero attached hydrogens (tertiary/aromatic N) is 3. The van der Waals surface area contributed by atoms with Crippen LogP contribution in [0.2, 0.25) is 0 Å². The summed E-state index contributed by atoms with van der Waals surface area (Å²) in [4.78, 5) is 19.6. The van der Waals surface area contributed by atoms with Gasteiger partial charge in [-0.3, -0.25) is 14.9 Å². The van der Waals surface area contributed by atoms with E-state index in [9.17, 15) is 4.79 Å². The van der Waals surface area contributed by atoms with E-state index in [-0.39, 0.29) is 12.5 Å². The largest absolute Gasteiger partial charge is 0.308 e. The summed E-state index contributed by atoms with van der Waals surface area (Å²) in [6.45, 7) is 0.981. The van der Waals surface area contributed by atoms with Gasteiger partial charge in [0.2, 0.25) is 5.91 Å². The fourth-order valence-electron chi connectivity index (χ4n) is 2.72. The van der Waals surface area contributed by atoms with Crippen molar-refractivity contribution in [2.75, 3.05) is 18.4 Å². The van der Waals surface area contributed by atoms with Gasteiger partial charge in [0.25, 0.3) is 0 Å². The van der Waals surface area contributed by atoms with Crippen LogP contribution in [-0.4, -0.2) is 39.2 Å². The predicted molar refractivity (Wildman–Crippen MR) is 82.5 cm³/mol. The second kappa shape index (κ2) is 7.13. The Labute approximate surface area is 129 Å². The van der Waals surface area contributed by atoms with E-state index in [2.05, 4.69) is 30.8 Å². The van der Waals surface area contributed by atoms with E-state index in [0.29, 0.717) is 5.82 Å². The van der Waals surface area contributed by atoms with Crippen LogP contribution in [0.5, 0.6) is 0 Å². The van der Waals surface area contributed by atoms with Crippen LogP contribution in [0.25, 0.3) is 0 Å². The summed E-state index contributed by atoms with van der Waals surface area (Å²) < 4.78 is 0. The summed E-state index contributed by atoms with van der Waals surface area (Å²) in [5, 5.41) is 13.4. The maximum atomic E-state index is 11.7. The van der Waals surface area contributed by atoms with Crippen LogP contribution in [0.3, 0.4) is 0 Å². The highest BCUT2D eigenvalue weighted by molar-refractivity contribution is 5.91. The number of aryl methyl sites for hydroxylation is 1. The van der Waals surface area contributed by atoms with Crippen molar-refractivity contribution in [3.8, 4) is 0 Å². The first-order valence-corrected chi connectivity index (χ1v) is 7.64. The molecule has 0 unspecified atom stereocenters. The van der Waals surface area contributed by atoms with Gasteiger partial charge in [0, 0.05) is 31.1 Å². The van der Waals surface area contributed by atoms with Gasteiger partial charge in [-0.05, 0) is 31.2 Å². The molecule has 2 aromatic rings. The number of rotatable bonds is 6. The topological polar surface area (TPSA) is 95.6 Å². The number of aromatic amines is 1. The first-order chi connectivity index (χ1) is 10.8. The number of hydrogen-bond donors (Lipinski definition) is 3. The van der Waals surface area contributed by atoms with Crippen molar-refractivity contribution in [1.29, 1.82) is 0 Å². The molecular formula is C15H20N6O. The Kier molecular flexibility index (Phi) is 4.75. The van der Waals surface area contributed by atoms with Crippen LogP contribution in [0.15, 0.2) is 18.6 Å². The number of carbonyl (C=O) groups excluding carboxylic acids is 1. The number of aromatic nitrogens is 4. The molecule has 0 saturated heterocycles. The standard InChI is InChI=1S/C15H20N6O/c22-15(19-14-9-17-7-8-18-14)10-16-6-5-13-11-3-1-2-4-12(11)20-21-13/h7-9,16H,1-6,10H2,(H,20,21)(H,18,19,22). The lowest BCUT2D eigenvalue weighted by molar-refractivity contribution is -0.115. The maximum absolute atomic E-state index is 11.7. The third-order valence-electron chi connectivity index (χ3n) is 3.80. The molecule has 3 N–H and O–H groups in total. The highest BCUT2D eigenvalue weighted by atomic mass is 16.1. The number of nitrogens with one attached hydrogen (secondary N) is 3. The number of amides is 1. The maximum Gasteiger partial charge on any atom is 0.239 e. The number of H-pyrrole nitrogens is 1. The molecule has 2 aromatic heterocycles. The molecule has 1 aliphatic carbocycles. The van der Waals surface area contributed by atoms with Crippen molar-refractivity contribution in [3.05, 3.63) is 35.5 Å². The van der Waals surface area contributed by atoms with E-state index in [1.165, 1.54) is 30.3 Å². The Balaban J connectivity index is 1.40. The number of anilines is 1. The van der Waals surface area contributed by atoms with Gasteiger partial charge in [0.1, 0.15) is 0 Å². The van der Waals surface area contributed by atoms with Gasteiger partial charge >= 0.3 is 0 Å². The molecule has 1 aliphatic rings. The lowest BCUT2D eigenvalue weighted by Gasteiger charge is -2.11. The van der Waals surface area contributed by atoms with E-state index in [1.807, 2.05) is 0 Å². The minimum absolute atomic E-state index is 0.121. The van der Waals surface area contributed by atoms with Crippen molar-refractivity contribution in [3.63, 3.8) is 0 Å². The molecule has 22 heavy (non-hydrogen) atoms. The zero-order valence-corrected chi connectivity index (χ0v) is 12.4. The van der Waals surface area contributed by atoms with Crippen molar-refractivity contribution in [2.24, 2.45) is 0 Å². The van der Waals surface area contributed by atoms with Crippen molar-refractivity contribution in [1.82, 2.24) is 25.5 Å². The van der Waals surface area contributed by atoms with Gasteiger partial charge in [0.15, 0.2) is 5.82 Å². The van der Waals surface area contributed by atoms with Crippen LogP contribution >= 0.6 is 0 Å². The molecular weight excluding hydrogens is 280 g/mol. The van der Waals surface area contributed by atoms with Crippen molar-refractivity contribution < 1.29 is 4.79 Å². The summed E-state index contributed by atoms with van der Waals surface area (Å²) in [5.74, 6) is 0.347. The molecule has 0 fully saturated rings. The Bertz CT molecular complexity index is 624. The zero-order chi connectivity index (χ0) is 15.2. The number of hydrogen-bond acceptors (Lipinski definition) is 5. The molecule has 0 bridgehead atoms. The average Bonchev–Trinajstić information content (AvgIpc) is 2.96. The van der Waals surface area contributed by atoms with Gasteiger partial charge < -0.3 is 10.6 Å². The molecule has 7 heteroatoms. The van der Waals surface area contributed by atoms with E-state index in [0.717, 1.165) is 31.5 Å². The summed E-state index contributed by atoms with van der Waals surface area (Å²) in [5.41, 5.74) is 3.82. The second-order valence-electron chi connectivity index (χ2n) is 5.40. The molecule has 0 spiro atoms. The van der Waals surface area contributed by atoms with E-state index >= 15 is 0 Å². The predicted octanol–water partition coefficient (Wildman–Crippen LogP) is 0.849. The number of carbonyl (C=O) groups is 1. The van der Waals surface area contributed by atoms with Crippen LogP contribution in [0.1, 0.15) is 29.8 Å². The fourth-order valence-corrected chi connectivity index (χ4v) is 2.72. The minimum Gasteiger partial charge on any atom is -0.308 e. The van der Waals surface area contributed by atoms with E-state index in [4.69, 9.17) is 0 Å². The number of fused-ring (bicyclic) bond motifs is 1. The van der Waals surface area contributed by atoms with Crippen LogP contribution in [0.4, 0.5) is 5.82 Å². The van der Waals surface area contributed by atoms with Crippen molar-refractivity contribution >= 4 is 11.7 Å². The molecule has 1 amide bonds. The smallest absolute Gasteiger partial charge is 0.239 e. The van der Waals surface area contributed by atoms with Gasteiger partial charge in [-0.25, -0.2) is 4.98 Å². The van der Waals surface area contributed by atoms with Gasteiger partial charge in [-0.2, -0.15) is 5.10 Å². The van der Waals surface area contributed by atoms with E-state index < -0.39 is 0 Å². The normalized spacial score (nSPS) is 13.6. The Hall–Kier alpha value is -2.28. The molecule has 2 heterocycles. The summed E-state index contributed by atoms with van der Waals surface area (Å²) >= 11 is 0. The van der Waals surface area contributed by atoms with Crippen LogP contribution < -0.4 is 10.6 Å². The molecule has 116 valence electrons. The Morgan fingerprint density at radius 3 is 3.05 bits per heavy atom. The highest BCUT2D eigenvalue weighted by Crippen LogP contribution is 2.22. The lowest BCUT2D eigenvalue weighted by atomic mass is 9.95. The first-order valence-electron chi connectivity index (χ1n) is 7.64. The molecule has 3 rings (SSSR count). The molecule has 0 aromatic carbocycles. The molecule has 7 nitrogen and oxygen atoms in total. The SMILES string of the molecule is O=C(CNCCc1n[nH]c2c1CCCC2)Nc1cnccn1. The van der Waals surface area contributed by atoms with Crippen LogP contribution in [-0.2, 0) is 24.1 Å². The van der Waals surface area contributed by atoms with Gasteiger partial charge in [0.05, 0.1) is 18.4 Å². The molecule has 0 aliphatic heterocycles. The van der Waals surface area contributed by atoms with Gasteiger partial charge in [-0.1, -0.05) is 0 Å². The minimum atomic E-state index is -0.121. The first kappa shape index (κ1) is 14.6. The van der Waals surface area contributed by atoms with Crippen LogP contribution in [0, 0.1) is 0 Å². The molecule has 0 radical (unpaired) electrons. The molecule has 0 atom stereocenters. The monoisotopic (exact) mass is 300 g/mol. The highest BCUT2D eigenvalue weighted by Gasteiger charge is 2.16. The second-order valence-corrected chi connectivity index (χ2v) is 5.40.